The van der Waals surface area contributed by atoms with Gasteiger partial charge in [0.15, 0.2) is 23.9 Å². The number of hydrogen-bond acceptors (Lipinski definition) is 5. The number of ketones is 1. The lowest BCUT2D eigenvalue weighted by Crippen LogP contribution is -2.15. The number of Topliss-reactive ketones (excluding diaryl/α,β-unsaturated/α-hetero) is 1. The molecule has 0 N–H and O–H groups in total. The van der Waals surface area contributed by atoms with Crippen LogP contribution in [0.1, 0.15) is 20.7 Å². The molecule has 7 heteroatoms. The molecule has 2 aromatic rings. The maximum absolute atomic E-state index is 13.6. The summed E-state index contributed by atoms with van der Waals surface area (Å²) in [5, 5.41) is 0. The first-order chi connectivity index (χ1) is 11.5. The molecule has 0 bridgehead atoms. The smallest absolute Gasteiger partial charge is 0.341 e. The van der Waals surface area contributed by atoms with Crippen LogP contribution in [0.15, 0.2) is 40.9 Å². The van der Waals surface area contributed by atoms with E-state index in [1.165, 1.54) is 38.5 Å². The number of carbonyl (C=O) groups is 2. The van der Waals surface area contributed by atoms with Gasteiger partial charge in [-0.3, -0.25) is 4.79 Å². The van der Waals surface area contributed by atoms with Crippen molar-refractivity contribution in [1.29, 1.82) is 0 Å². The van der Waals surface area contributed by atoms with Gasteiger partial charge >= 0.3 is 5.97 Å². The lowest BCUT2D eigenvalue weighted by molar-refractivity contribution is 0.0470. The Kier molecular flexibility index (Phi) is 5.92. The molecule has 0 aromatic heterocycles. The Bertz CT molecular complexity index is 776. The van der Waals surface area contributed by atoms with Crippen LogP contribution in [0.3, 0.4) is 0 Å². The molecule has 0 heterocycles. The van der Waals surface area contributed by atoms with Crippen molar-refractivity contribution in [2.45, 2.75) is 0 Å². The third-order valence-corrected chi connectivity index (χ3v) is 3.68. The first-order valence-electron chi connectivity index (χ1n) is 6.83. The van der Waals surface area contributed by atoms with Gasteiger partial charge in [-0.15, -0.1) is 0 Å². The molecule has 0 aliphatic heterocycles. The van der Waals surface area contributed by atoms with E-state index in [-0.39, 0.29) is 11.1 Å². The fraction of sp³-hybridized carbons (Fsp3) is 0.176. The summed E-state index contributed by atoms with van der Waals surface area (Å²) in [4.78, 5) is 24.0. The quantitative estimate of drug-likeness (QED) is 0.550. The number of esters is 1. The van der Waals surface area contributed by atoms with Gasteiger partial charge in [0.05, 0.1) is 19.8 Å². The normalized spacial score (nSPS) is 10.2. The second-order valence-corrected chi connectivity index (χ2v) is 5.61. The summed E-state index contributed by atoms with van der Waals surface area (Å²) in [5.74, 6) is -1.22. The standard InChI is InChI=1S/C17H14BrFO5/c1-22-15-6-3-10(7-16(15)23-2)14(20)9-24-17(21)12-8-11(18)4-5-13(12)19/h3-8H,9H2,1-2H3. The first kappa shape index (κ1) is 17.9. The van der Waals surface area contributed by atoms with Gasteiger partial charge in [-0.25, -0.2) is 9.18 Å². The molecule has 24 heavy (non-hydrogen) atoms. The SMILES string of the molecule is COc1ccc(C(=O)COC(=O)c2cc(Br)ccc2F)cc1OC. The van der Waals surface area contributed by atoms with Crippen molar-refractivity contribution in [3.05, 3.63) is 57.8 Å². The van der Waals surface area contributed by atoms with Crippen LogP contribution in [0.2, 0.25) is 0 Å². The minimum atomic E-state index is -0.914. The second-order valence-electron chi connectivity index (χ2n) is 4.69. The molecule has 0 radical (unpaired) electrons. The van der Waals surface area contributed by atoms with Crippen molar-refractivity contribution >= 4 is 27.7 Å². The summed E-state index contributed by atoms with van der Waals surface area (Å²) in [6, 6.07) is 8.46. The number of hydrogen-bond donors (Lipinski definition) is 0. The molecule has 2 rings (SSSR count). The average molecular weight is 397 g/mol. The molecular weight excluding hydrogens is 383 g/mol. The number of carbonyl (C=O) groups excluding carboxylic acids is 2. The zero-order valence-electron chi connectivity index (χ0n) is 13.0. The molecule has 2 aromatic carbocycles. The van der Waals surface area contributed by atoms with Crippen LogP contribution in [0.5, 0.6) is 11.5 Å². The van der Waals surface area contributed by atoms with Crippen molar-refractivity contribution in [2.24, 2.45) is 0 Å². The third kappa shape index (κ3) is 4.11. The van der Waals surface area contributed by atoms with Crippen LogP contribution in [0.4, 0.5) is 4.39 Å². The fourth-order valence-corrected chi connectivity index (χ4v) is 2.32. The highest BCUT2D eigenvalue weighted by Gasteiger charge is 2.17. The zero-order chi connectivity index (χ0) is 17.7. The molecule has 0 amide bonds. The topological polar surface area (TPSA) is 61.8 Å². The highest BCUT2D eigenvalue weighted by molar-refractivity contribution is 9.10. The molecular formula is C17H14BrFO5. The Morgan fingerprint density at radius 2 is 1.75 bits per heavy atom. The number of ether oxygens (including phenoxy) is 3. The zero-order valence-corrected chi connectivity index (χ0v) is 14.6. The Labute approximate surface area is 146 Å². The van der Waals surface area contributed by atoms with Crippen LogP contribution in [-0.4, -0.2) is 32.6 Å². The largest absolute Gasteiger partial charge is 0.493 e. The van der Waals surface area contributed by atoms with Gasteiger partial charge in [-0.1, -0.05) is 15.9 Å². The lowest BCUT2D eigenvalue weighted by atomic mass is 10.1. The first-order valence-corrected chi connectivity index (χ1v) is 7.63. The summed E-state index contributed by atoms with van der Waals surface area (Å²) in [7, 11) is 2.93. The summed E-state index contributed by atoms with van der Waals surface area (Å²) in [6.07, 6.45) is 0. The summed E-state index contributed by atoms with van der Waals surface area (Å²) < 4.78 is 29.2. The highest BCUT2D eigenvalue weighted by Crippen LogP contribution is 2.27. The van der Waals surface area contributed by atoms with Crippen molar-refractivity contribution in [3.63, 3.8) is 0 Å². The summed E-state index contributed by atoms with van der Waals surface area (Å²) in [5.41, 5.74) is 0.0413. The van der Waals surface area contributed by atoms with E-state index >= 15 is 0 Å². The average Bonchev–Trinajstić information content (AvgIpc) is 2.60. The number of methoxy groups -OCH3 is 2. The Hall–Kier alpha value is -2.41. The molecule has 0 aliphatic carbocycles. The second kappa shape index (κ2) is 7.92. The molecule has 5 nitrogen and oxygen atoms in total. The maximum Gasteiger partial charge on any atom is 0.341 e. The third-order valence-electron chi connectivity index (χ3n) is 3.19. The number of benzene rings is 2. The minimum Gasteiger partial charge on any atom is -0.493 e. The van der Waals surface area contributed by atoms with Crippen LogP contribution < -0.4 is 9.47 Å². The van der Waals surface area contributed by atoms with Gasteiger partial charge in [0.1, 0.15) is 5.82 Å². The van der Waals surface area contributed by atoms with Gasteiger partial charge in [-0.05, 0) is 36.4 Å². The van der Waals surface area contributed by atoms with Crippen LogP contribution in [-0.2, 0) is 4.74 Å². The Morgan fingerprint density at radius 3 is 2.42 bits per heavy atom. The molecule has 0 aliphatic rings. The van der Waals surface area contributed by atoms with E-state index in [1.54, 1.807) is 6.07 Å². The van der Waals surface area contributed by atoms with E-state index in [0.717, 1.165) is 6.07 Å². The van der Waals surface area contributed by atoms with E-state index in [4.69, 9.17) is 14.2 Å². The van der Waals surface area contributed by atoms with Crippen LogP contribution in [0.25, 0.3) is 0 Å². The van der Waals surface area contributed by atoms with Gasteiger partial charge in [0.2, 0.25) is 0 Å². The Morgan fingerprint density at radius 1 is 1.04 bits per heavy atom. The van der Waals surface area contributed by atoms with E-state index < -0.39 is 24.2 Å². The minimum absolute atomic E-state index is 0.246. The van der Waals surface area contributed by atoms with Crippen LogP contribution in [0, 0.1) is 5.82 Å². The predicted octanol–water partition coefficient (Wildman–Crippen LogP) is 3.65. The molecule has 0 atom stereocenters. The highest BCUT2D eigenvalue weighted by atomic mass is 79.9. The lowest BCUT2D eigenvalue weighted by Gasteiger charge is -2.09. The molecule has 0 spiro atoms. The molecule has 0 fully saturated rings. The summed E-state index contributed by atoms with van der Waals surface area (Å²) >= 11 is 3.14. The van der Waals surface area contributed by atoms with Crippen LogP contribution >= 0.6 is 15.9 Å². The van der Waals surface area contributed by atoms with E-state index in [2.05, 4.69) is 15.9 Å². The van der Waals surface area contributed by atoms with Crippen molar-refractivity contribution in [3.8, 4) is 11.5 Å². The van der Waals surface area contributed by atoms with E-state index in [0.29, 0.717) is 16.0 Å². The van der Waals surface area contributed by atoms with Gasteiger partial charge in [-0.2, -0.15) is 0 Å². The predicted molar refractivity (Wildman–Crippen MR) is 88.3 cm³/mol. The van der Waals surface area contributed by atoms with Gasteiger partial charge in [0.25, 0.3) is 0 Å². The van der Waals surface area contributed by atoms with Crippen molar-refractivity contribution in [1.82, 2.24) is 0 Å². The Balaban J connectivity index is 2.07. The monoisotopic (exact) mass is 396 g/mol. The van der Waals surface area contributed by atoms with Gasteiger partial charge < -0.3 is 14.2 Å². The number of halogens is 2. The van der Waals surface area contributed by atoms with Crippen molar-refractivity contribution < 1.29 is 28.2 Å². The molecule has 0 saturated heterocycles. The summed E-state index contributed by atoms with van der Waals surface area (Å²) in [6.45, 7) is -0.514. The van der Waals surface area contributed by atoms with E-state index in [1.807, 2.05) is 0 Å². The number of rotatable bonds is 6. The maximum atomic E-state index is 13.6. The molecule has 0 unspecified atom stereocenters. The fourth-order valence-electron chi connectivity index (χ4n) is 1.96. The van der Waals surface area contributed by atoms with Crippen molar-refractivity contribution in [2.75, 3.05) is 20.8 Å². The van der Waals surface area contributed by atoms with Gasteiger partial charge in [0, 0.05) is 10.0 Å². The van der Waals surface area contributed by atoms with E-state index in [9.17, 15) is 14.0 Å². The molecule has 126 valence electrons. The molecule has 0 saturated carbocycles.